The van der Waals surface area contributed by atoms with Gasteiger partial charge in [-0.15, -0.1) is 0 Å². The summed E-state index contributed by atoms with van der Waals surface area (Å²) in [7, 11) is 0. The molecule has 0 aromatic carbocycles. The van der Waals surface area contributed by atoms with Gasteiger partial charge in [0.05, 0.1) is 5.41 Å². The van der Waals surface area contributed by atoms with Gasteiger partial charge >= 0.3 is 5.97 Å². The first kappa shape index (κ1) is 18.0. The second-order valence-electron chi connectivity index (χ2n) is 7.02. The Bertz CT molecular complexity index is 367. The van der Waals surface area contributed by atoms with Crippen molar-refractivity contribution >= 4 is 11.9 Å². The number of rotatable bonds is 6. The van der Waals surface area contributed by atoms with E-state index < -0.39 is 11.4 Å². The third-order valence-electron chi connectivity index (χ3n) is 5.18. The molecule has 2 unspecified atom stereocenters. The summed E-state index contributed by atoms with van der Waals surface area (Å²) in [6, 6.07) is 0. The third-order valence-corrected chi connectivity index (χ3v) is 5.18. The van der Waals surface area contributed by atoms with E-state index in [2.05, 4.69) is 6.92 Å². The molecule has 0 spiro atoms. The van der Waals surface area contributed by atoms with E-state index >= 15 is 0 Å². The molecule has 122 valence electrons. The van der Waals surface area contributed by atoms with Crippen molar-refractivity contribution in [3.8, 4) is 0 Å². The van der Waals surface area contributed by atoms with E-state index in [9.17, 15) is 14.7 Å². The number of likely N-dealkylation sites (tertiary alicyclic amines) is 1. The molecule has 4 heteroatoms. The first-order valence-corrected chi connectivity index (χ1v) is 8.32. The van der Waals surface area contributed by atoms with Gasteiger partial charge in [0.2, 0.25) is 5.91 Å². The van der Waals surface area contributed by atoms with Crippen molar-refractivity contribution in [2.45, 2.75) is 66.2 Å². The number of carbonyl (C=O) groups excluding carboxylic acids is 1. The highest BCUT2D eigenvalue weighted by Gasteiger charge is 2.40. The maximum Gasteiger partial charge on any atom is 0.310 e. The van der Waals surface area contributed by atoms with Crippen LogP contribution in [-0.2, 0) is 9.59 Å². The Labute approximate surface area is 128 Å². The van der Waals surface area contributed by atoms with E-state index in [1.165, 1.54) is 19.3 Å². The van der Waals surface area contributed by atoms with Crippen LogP contribution in [-0.4, -0.2) is 35.0 Å². The van der Waals surface area contributed by atoms with Gasteiger partial charge in [-0.2, -0.15) is 0 Å². The fourth-order valence-corrected chi connectivity index (χ4v) is 3.06. The van der Waals surface area contributed by atoms with Crippen LogP contribution in [0.25, 0.3) is 0 Å². The second-order valence-corrected chi connectivity index (χ2v) is 7.02. The molecule has 0 aromatic heterocycles. The Hall–Kier alpha value is -1.06. The van der Waals surface area contributed by atoms with E-state index in [0.29, 0.717) is 0 Å². The van der Waals surface area contributed by atoms with Crippen LogP contribution >= 0.6 is 0 Å². The fraction of sp³-hybridized carbons (Fsp3) is 0.882. The minimum Gasteiger partial charge on any atom is -0.481 e. The Morgan fingerprint density at radius 3 is 2.48 bits per heavy atom. The molecule has 0 aliphatic carbocycles. The number of carbonyl (C=O) groups is 2. The van der Waals surface area contributed by atoms with E-state index in [0.717, 1.165) is 31.8 Å². The molecule has 21 heavy (non-hydrogen) atoms. The largest absolute Gasteiger partial charge is 0.481 e. The van der Waals surface area contributed by atoms with E-state index in [-0.39, 0.29) is 18.2 Å². The Balaban J connectivity index is 2.64. The zero-order valence-electron chi connectivity index (χ0n) is 14.0. The van der Waals surface area contributed by atoms with Gasteiger partial charge in [-0.25, -0.2) is 0 Å². The number of aliphatic carboxylic acids is 1. The molecule has 1 N–H and O–H groups in total. The van der Waals surface area contributed by atoms with Gasteiger partial charge < -0.3 is 10.0 Å². The molecule has 1 rings (SSSR count). The highest BCUT2D eigenvalue weighted by atomic mass is 16.4. The maximum absolute atomic E-state index is 12.5. The molecule has 0 aromatic rings. The average Bonchev–Trinajstić information content (AvgIpc) is 2.64. The molecule has 2 atom stereocenters. The highest BCUT2D eigenvalue weighted by molar-refractivity contribution is 5.85. The molecular formula is C17H31NO3. The summed E-state index contributed by atoms with van der Waals surface area (Å²) >= 11 is 0. The lowest BCUT2D eigenvalue weighted by molar-refractivity contribution is -0.155. The van der Waals surface area contributed by atoms with Gasteiger partial charge in [-0.1, -0.05) is 33.6 Å². The van der Waals surface area contributed by atoms with Crippen LogP contribution in [0.5, 0.6) is 0 Å². The molecule has 1 heterocycles. The van der Waals surface area contributed by atoms with Gasteiger partial charge in [0.25, 0.3) is 0 Å². The van der Waals surface area contributed by atoms with Crippen molar-refractivity contribution in [1.82, 2.24) is 4.90 Å². The number of carboxylic acid groups (broad SMARTS) is 1. The summed E-state index contributed by atoms with van der Waals surface area (Å²) in [4.78, 5) is 25.9. The van der Waals surface area contributed by atoms with Crippen LogP contribution in [0.1, 0.15) is 66.2 Å². The first-order valence-electron chi connectivity index (χ1n) is 8.32. The van der Waals surface area contributed by atoms with Gasteiger partial charge in [0.1, 0.15) is 0 Å². The molecule has 1 fully saturated rings. The smallest absolute Gasteiger partial charge is 0.310 e. The number of nitrogens with zero attached hydrogens (tertiary/aromatic N) is 1. The molecular weight excluding hydrogens is 266 g/mol. The van der Waals surface area contributed by atoms with Crippen LogP contribution in [0.2, 0.25) is 0 Å². The zero-order chi connectivity index (χ0) is 16.0. The minimum atomic E-state index is -0.966. The SMILES string of the molecule is CCCC1CCCN(C(=O)CC(C)(C(=O)O)C(C)C)CC1. The Morgan fingerprint density at radius 2 is 1.95 bits per heavy atom. The van der Waals surface area contributed by atoms with E-state index in [1.54, 1.807) is 6.92 Å². The molecule has 0 bridgehead atoms. The number of amides is 1. The van der Waals surface area contributed by atoms with Crippen LogP contribution in [0, 0.1) is 17.3 Å². The number of hydrogen-bond donors (Lipinski definition) is 1. The van der Waals surface area contributed by atoms with Crippen LogP contribution in [0.4, 0.5) is 0 Å². The topological polar surface area (TPSA) is 57.6 Å². The predicted molar refractivity (Wildman–Crippen MR) is 84.0 cm³/mol. The lowest BCUT2D eigenvalue weighted by atomic mass is 9.76. The van der Waals surface area contributed by atoms with Gasteiger partial charge in [-0.05, 0) is 38.0 Å². The summed E-state index contributed by atoms with van der Waals surface area (Å²) in [5.41, 5.74) is -0.966. The molecule has 4 nitrogen and oxygen atoms in total. The van der Waals surface area contributed by atoms with Gasteiger partial charge in [-0.3, -0.25) is 9.59 Å². The summed E-state index contributed by atoms with van der Waals surface area (Å²) in [6.45, 7) is 9.22. The predicted octanol–water partition coefficient (Wildman–Crippen LogP) is 3.55. The monoisotopic (exact) mass is 297 g/mol. The van der Waals surface area contributed by atoms with E-state index in [4.69, 9.17) is 0 Å². The second kappa shape index (κ2) is 7.81. The molecule has 1 aliphatic rings. The standard InChI is InChI=1S/C17H31NO3/c1-5-7-14-8-6-10-18(11-9-14)15(19)12-17(4,13(2)3)16(20)21/h13-14H,5-12H2,1-4H3,(H,20,21). The molecule has 0 radical (unpaired) electrons. The highest BCUT2D eigenvalue weighted by Crippen LogP contribution is 2.32. The van der Waals surface area contributed by atoms with Crippen LogP contribution < -0.4 is 0 Å². The Morgan fingerprint density at radius 1 is 1.29 bits per heavy atom. The zero-order valence-corrected chi connectivity index (χ0v) is 14.0. The van der Waals surface area contributed by atoms with Crippen molar-refractivity contribution in [3.63, 3.8) is 0 Å². The summed E-state index contributed by atoms with van der Waals surface area (Å²) in [5, 5.41) is 9.45. The van der Waals surface area contributed by atoms with Gasteiger partial charge in [0, 0.05) is 19.5 Å². The Kier molecular flexibility index (Phi) is 6.69. The quantitative estimate of drug-likeness (QED) is 0.815. The van der Waals surface area contributed by atoms with E-state index in [1.807, 2.05) is 18.7 Å². The lowest BCUT2D eigenvalue weighted by Gasteiger charge is -2.31. The number of carboxylic acids is 1. The maximum atomic E-state index is 12.5. The van der Waals surface area contributed by atoms with Crippen molar-refractivity contribution in [2.75, 3.05) is 13.1 Å². The summed E-state index contributed by atoms with van der Waals surface area (Å²) in [6.07, 6.45) is 5.84. The lowest BCUT2D eigenvalue weighted by Crippen LogP contribution is -2.41. The average molecular weight is 297 g/mol. The first-order chi connectivity index (χ1) is 9.81. The van der Waals surface area contributed by atoms with Crippen molar-refractivity contribution < 1.29 is 14.7 Å². The normalized spacial score (nSPS) is 22.7. The summed E-state index contributed by atoms with van der Waals surface area (Å²) < 4.78 is 0. The third kappa shape index (κ3) is 4.72. The van der Waals surface area contributed by atoms with Crippen LogP contribution in [0.3, 0.4) is 0 Å². The molecule has 1 aliphatic heterocycles. The summed E-state index contributed by atoms with van der Waals surface area (Å²) in [5.74, 6) is -0.196. The molecule has 0 saturated carbocycles. The molecule has 1 amide bonds. The van der Waals surface area contributed by atoms with Crippen molar-refractivity contribution in [1.29, 1.82) is 0 Å². The van der Waals surface area contributed by atoms with Crippen LogP contribution in [0.15, 0.2) is 0 Å². The fourth-order valence-electron chi connectivity index (χ4n) is 3.06. The van der Waals surface area contributed by atoms with Gasteiger partial charge in [0.15, 0.2) is 0 Å². The molecule has 1 saturated heterocycles. The van der Waals surface area contributed by atoms with Crippen molar-refractivity contribution in [2.24, 2.45) is 17.3 Å². The minimum absolute atomic E-state index is 0.00532. The number of hydrogen-bond acceptors (Lipinski definition) is 2. The van der Waals surface area contributed by atoms with Crippen molar-refractivity contribution in [3.05, 3.63) is 0 Å².